The SMILES string of the molecule is Cc1cccc(NC(=S)NN=C2CC(C)(C)Oc3ccc(OCc4ccccc4C)cc32)c1. The van der Waals surface area contributed by atoms with Gasteiger partial charge in [0, 0.05) is 17.7 Å². The molecule has 0 spiro atoms. The molecule has 0 atom stereocenters. The zero-order valence-electron chi connectivity index (χ0n) is 19.4. The molecule has 0 unspecified atom stereocenters. The predicted octanol–water partition coefficient (Wildman–Crippen LogP) is 6.13. The van der Waals surface area contributed by atoms with Crippen LogP contribution in [0.2, 0.25) is 0 Å². The van der Waals surface area contributed by atoms with Crippen LogP contribution in [0.4, 0.5) is 5.69 Å². The fraction of sp³-hybridized carbons (Fsp3) is 0.259. The van der Waals surface area contributed by atoms with E-state index in [1.54, 1.807) is 0 Å². The van der Waals surface area contributed by atoms with Crippen molar-refractivity contribution < 1.29 is 9.47 Å². The lowest BCUT2D eigenvalue weighted by Crippen LogP contribution is -2.37. The average molecular weight is 460 g/mol. The van der Waals surface area contributed by atoms with Gasteiger partial charge < -0.3 is 14.8 Å². The molecule has 5 nitrogen and oxygen atoms in total. The number of anilines is 1. The topological polar surface area (TPSA) is 54.9 Å². The van der Waals surface area contributed by atoms with Gasteiger partial charge in [-0.3, -0.25) is 5.43 Å². The maximum absolute atomic E-state index is 6.19. The largest absolute Gasteiger partial charge is 0.489 e. The summed E-state index contributed by atoms with van der Waals surface area (Å²) < 4.78 is 12.3. The zero-order valence-corrected chi connectivity index (χ0v) is 20.3. The third-order valence-corrected chi connectivity index (χ3v) is 5.66. The maximum atomic E-state index is 6.19. The van der Waals surface area contributed by atoms with Crippen molar-refractivity contribution in [3.63, 3.8) is 0 Å². The van der Waals surface area contributed by atoms with E-state index in [1.807, 2.05) is 61.5 Å². The third kappa shape index (κ3) is 5.90. The summed E-state index contributed by atoms with van der Waals surface area (Å²) in [5, 5.41) is 8.26. The van der Waals surface area contributed by atoms with Crippen LogP contribution in [-0.2, 0) is 6.61 Å². The Bertz CT molecular complexity index is 1200. The van der Waals surface area contributed by atoms with Crippen LogP contribution in [0.3, 0.4) is 0 Å². The van der Waals surface area contributed by atoms with Gasteiger partial charge in [0.05, 0.1) is 5.71 Å². The Labute approximate surface area is 200 Å². The number of benzene rings is 3. The summed E-state index contributed by atoms with van der Waals surface area (Å²) in [5.41, 5.74) is 8.86. The molecule has 6 heteroatoms. The van der Waals surface area contributed by atoms with Crippen LogP contribution >= 0.6 is 12.2 Å². The molecule has 170 valence electrons. The molecular weight excluding hydrogens is 430 g/mol. The summed E-state index contributed by atoms with van der Waals surface area (Å²) in [6.07, 6.45) is 0.640. The molecule has 3 aromatic carbocycles. The van der Waals surface area contributed by atoms with Gasteiger partial charge in [0.2, 0.25) is 0 Å². The molecule has 0 saturated heterocycles. The first-order valence-corrected chi connectivity index (χ1v) is 11.4. The minimum absolute atomic E-state index is 0.372. The van der Waals surface area contributed by atoms with Gasteiger partial charge in [-0.15, -0.1) is 0 Å². The summed E-state index contributed by atoms with van der Waals surface area (Å²) in [4.78, 5) is 0. The summed E-state index contributed by atoms with van der Waals surface area (Å²) >= 11 is 5.45. The summed E-state index contributed by atoms with van der Waals surface area (Å²) in [7, 11) is 0. The Balaban J connectivity index is 1.52. The highest BCUT2D eigenvalue weighted by Gasteiger charge is 2.31. The quantitative estimate of drug-likeness (QED) is 0.355. The van der Waals surface area contributed by atoms with E-state index in [2.05, 4.69) is 48.7 Å². The van der Waals surface area contributed by atoms with E-state index in [-0.39, 0.29) is 5.60 Å². The highest BCUT2D eigenvalue weighted by molar-refractivity contribution is 7.80. The van der Waals surface area contributed by atoms with Gasteiger partial charge in [-0.2, -0.15) is 5.10 Å². The van der Waals surface area contributed by atoms with Crippen molar-refractivity contribution in [3.05, 3.63) is 89.0 Å². The molecule has 0 saturated carbocycles. The standard InChI is InChI=1S/C27H29N3O2S/c1-18-8-7-11-21(14-18)28-26(33)30-29-24-16-27(3,4)32-25-13-12-22(15-23(24)25)31-17-20-10-6-5-9-19(20)2/h5-15H,16-17H2,1-4H3,(H2,28,30,33). The Morgan fingerprint density at radius 3 is 2.67 bits per heavy atom. The number of thiocarbonyl (C=S) groups is 1. The third-order valence-electron chi connectivity index (χ3n) is 5.47. The Hall–Kier alpha value is -3.38. The monoisotopic (exact) mass is 459 g/mol. The molecule has 33 heavy (non-hydrogen) atoms. The lowest BCUT2D eigenvalue weighted by Gasteiger charge is -2.33. The van der Waals surface area contributed by atoms with E-state index in [0.29, 0.717) is 18.1 Å². The van der Waals surface area contributed by atoms with Crippen molar-refractivity contribution in [2.24, 2.45) is 5.10 Å². The molecule has 0 fully saturated rings. The van der Waals surface area contributed by atoms with E-state index < -0.39 is 0 Å². The van der Waals surface area contributed by atoms with Gasteiger partial charge >= 0.3 is 0 Å². The van der Waals surface area contributed by atoms with Crippen molar-refractivity contribution in [1.29, 1.82) is 0 Å². The lowest BCUT2D eigenvalue weighted by atomic mass is 9.92. The summed E-state index contributed by atoms with van der Waals surface area (Å²) in [5.74, 6) is 1.56. The lowest BCUT2D eigenvalue weighted by molar-refractivity contribution is 0.111. The molecule has 4 rings (SSSR count). The normalized spacial score (nSPS) is 15.3. The molecule has 0 aromatic heterocycles. The first-order valence-electron chi connectivity index (χ1n) is 11.0. The number of hydrogen-bond donors (Lipinski definition) is 2. The molecule has 1 aliphatic rings. The highest BCUT2D eigenvalue weighted by atomic mass is 32.1. The minimum Gasteiger partial charge on any atom is -0.489 e. The second-order valence-electron chi connectivity index (χ2n) is 8.91. The van der Waals surface area contributed by atoms with Gasteiger partial charge in [0.25, 0.3) is 0 Å². The number of ether oxygens (including phenoxy) is 2. The van der Waals surface area contributed by atoms with Crippen LogP contribution in [-0.4, -0.2) is 16.4 Å². The van der Waals surface area contributed by atoms with Crippen LogP contribution < -0.4 is 20.2 Å². The van der Waals surface area contributed by atoms with Crippen LogP contribution in [0.15, 0.2) is 71.8 Å². The summed E-state index contributed by atoms with van der Waals surface area (Å²) in [6, 6.07) is 22.1. The first-order chi connectivity index (χ1) is 15.8. The fourth-order valence-corrected chi connectivity index (χ4v) is 3.94. The van der Waals surface area contributed by atoms with Crippen LogP contribution in [0.25, 0.3) is 0 Å². The van der Waals surface area contributed by atoms with E-state index in [9.17, 15) is 0 Å². The van der Waals surface area contributed by atoms with Crippen molar-refractivity contribution >= 4 is 28.7 Å². The van der Waals surface area contributed by atoms with E-state index in [4.69, 9.17) is 21.7 Å². The average Bonchev–Trinajstić information content (AvgIpc) is 2.76. The van der Waals surface area contributed by atoms with Gasteiger partial charge in [0.15, 0.2) is 5.11 Å². The van der Waals surface area contributed by atoms with Crippen LogP contribution in [0.5, 0.6) is 11.5 Å². The number of rotatable bonds is 5. The second-order valence-corrected chi connectivity index (χ2v) is 9.31. The van der Waals surface area contributed by atoms with Gasteiger partial charge in [-0.25, -0.2) is 0 Å². The number of aryl methyl sites for hydroxylation is 2. The highest BCUT2D eigenvalue weighted by Crippen LogP contribution is 2.35. The van der Waals surface area contributed by atoms with Crippen molar-refractivity contribution in [2.75, 3.05) is 5.32 Å². The number of nitrogens with one attached hydrogen (secondary N) is 2. The second kappa shape index (κ2) is 9.63. The van der Waals surface area contributed by atoms with E-state index in [1.165, 1.54) is 5.56 Å². The number of hydrazone groups is 1. The first kappa shape index (κ1) is 22.8. The smallest absolute Gasteiger partial charge is 0.191 e. The maximum Gasteiger partial charge on any atom is 0.191 e. The van der Waals surface area contributed by atoms with Crippen LogP contribution in [0, 0.1) is 13.8 Å². The van der Waals surface area contributed by atoms with E-state index in [0.717, 1.165) is 39.6 Å². The minimum atomic E-state index is -0.372. The molecule has 1 aliphatic heterocycles. The summed E-state index contributed by atoms with van der Waals surface area (Å²) in [6.45, 7) is 8.75. The van der Waals surface area contributed by atoms with Crippen molar-refractivity contribution in [3.8, 4) is 11.5 Å². The molecule has 0 radical (unpaired) electrons. The molecule has 1 heterocycles. The Morgan fingerprint density at radius 1 is 1.06 bits per heavy atom. The molecule has 2 N–H and O–H groups in total. The number of nitrogens with zero attached hydrogens (tertiary/aromatic N) is 1. The Morgan fingerprint density at radius 2 is 1.88 bits per heavy atom. The number of fused-ring (bicyclic) bond motifs is 1. The van der Waals surface area contributed by atoms with Gasteiger partial charge in [0.1, 0.15) is 23.7 Å². The van der Waals surface area contributed by atoms with Gasteiger partial charge in [-0.1, -0.05) is 36.4 Å². The van der Waals surface area contributed by atoms with Gasteiger partial charge in [-0.05, 0) is 86.9 Å². The molecular formula is C27H29N3O2S. The fourth-order valence-electron chi connectivity index (χ4n) is 3.78. The van der Waals surface area contributed by atoms with Crippen molar-refractivity contribution in [1.82, 2.24) is 5.43 Å². The zero-order chi connectivity index (χ0) is 23.4. The predicted molar refractivity (Wildman–Crippen MR) is 138 cm³/mol. The number of hydrogen-bond acceptors (Lipinski definition) is 4. The molecule has 0 amide bonds. The van der Waals surface area contributed by atoms with Crippen molar-refractivity contribution in [2.45, 2.75) is 46.3 Å². The molecule has 3 aromatic rings. The molecule has 0 aliphatic carbocycles. The Kier molecular flexibility index (Phi) is 6.65. The van der Waals surface area contributed by atoms with E-state index >= 15 is 0 Å². The molecule has 0 bridgehead atoms. The van der Waals surface area contributed by atoms with Crippen LogP contribution in [0.1, 0.15) is 42.5 Å².